The Morgan fingerprint density at radius 3 is 2.40 bits per heavy atom. The van der Waals surface area contributed by atoms with Crippen LogP contribution in [0.4, 0.5) is 10.1 Å². The van der Waals surface area contributed by atoms with E-state index in [-0.39, 0.29) is 17.0 Å². The minimum absolute atomic E-state index is 0.0526. The molecule has 2 aliphatic rings. The molecule has 9 nitrogen and oxygen atoms in total. The number of rotatable bonds is 7. The number of aromatic nitrogens is 1. The molecule has 1 aromatic heterocycles. The molecule has 1 unspecified atom stereocenters. The molecule has 1 aliphatic carbocycles. The van der Waals surface area contributed by atoms with Crippen molar-refractivity contribution in [2.75, 3.05) is 38.2 Å². The third-order valence-electron chi connectivity index (χ3n) is 6.41. The zero-order valence-corrected chi connectivity index (χ0v) is 20.0. The monoisotopic (exact) mass is 501 g/mol. The molecule has 1 aliphatic heterocycles. The average molecular weight is 501 g/mol. The number of fused-ring (bicyclic) bond motifs is 1. The minimum Gasteiger partial charge on any atom is -0.477 e. The van der Waals surface area contributed by atoms with Crippen LogP contribution in [0.15, 0.2) is 53.5 Å². The van der Waals surface area contributed by atoms with Gasteiger partial charge in [-0.05, 0) is 37.1 Å². The van der Waals surface area contributed by atoms with Crippen LogP contribution in [0.2, 0.25) is 0 Å². The van der Waals surface area contributed by atoms with E-state index in [4.69, 9.17) is 9.05 Å². The summed E-state index contributed by atoms with van der Waals surface area (Å²) in [6.07, 6.45) is 3.10. The van der Waals surface area contributed by atoms with Crippen LogP contribution in [0.1, 0.15) is 29.2 Å². The Hall–Kier alpha value is -3.20. The van der Waals surface area contributed by atoms with Gasteiger partial charge in [0.05, 0.1) is 11.2 Å². The van der Waals surface area contributed by atoms with Gasteiger partial charge in [0.1, 0.15) is 17.1 Å². The first-order chi connectivity index (χ1) is 16.8. The molecule has 0 spiro atoms. The predicted molar refractivity (Wildman–Crippen MR) is 129 cm³/mol. The lowest BCUT2D eigenvalue weighted by Crippen LogP contribution is -2.46. The van der Waals surface area contributed by atoms with Crippen molar-refractivity contribution in [3.63, 3.8) is 0 Å². The van der Waals surface area contributed by atoms with Crippen LogP contribution in [0.3, 0.4) is 0 Å². The lowest BCUT2D eigenvalue weighted by Gasteiger charge is -2.38. The van der Waals surface area contributed by atoms with E-state index in [0.29, 0.717) is 43.1 Å². The van der Waals surface area contributed by atoms with Crippen molar-refractivity contribution in [2.45, 2.75) is 18.9 Å². The molecule has 2 heterocycles. The Labute approximate surface area is 200 Å². The topological polar surface area (TPSA) is 101 Å². The van der Waals surface area contributed by atoms with Crippen LogP contribution in [0.25, 0.3) is 10.9 Å². The molecule has 0 radical (unpaired) electrons. The summed E-state index contributed by atoms with van der Waals surface area (Å²) in [6.45, 7) is 1.33. The number of carboxylic acid groups (broad SMARTS) is 1. The highest BCUT2D eigenvalue weighted by Gasteiger charge is 2.37. The number of benzene rings is 2. The molecular formula is C24H25FN3O6P. The van der Waals surface area contributed by atoms with Crippen molar-refractivity contribution < 1.29 is 27.9 Å². The molecule has 11 heteroatoms. The van der Waals surface area contributed by atoms with Crippen molar-refractivity contribution in [1.29, 1.82) is 0 Å². The standard InChI is InChI=1S/C24H25FN3O6P/c1-33-35(32,34-17-5-3-2-4-6-17)27-11-9-26(10-12-27)22-14-21-18(13-20(22)25)23(29)19(24(30)31)15-28(21)16-7-8-16/h2-6,13-16H,7-12H2,1H3,(H,30,31). The summed E-state index contributed by atoms with van der Waals surface area (Å²) in [6, 6.07) is 11.6. The molecule has 5 rings (SSSR count). The van der Waals surface area contributed by atoms with Crippen LogP contribution in [-0.2, 0) is 9.09 Å². The first kappa shape index (κ1) is 23.5. The molecule has 0 bridgehead atoms. The highest BCUT2D eigenvalue weighted by atomic mass is 31.2. The predicted octanol–water partition coefficient (Wildman–Crippen LogP) is 4.13. The number of carboxylic acids is 1. The molecular weight excluding hydrogens is 476 g/mol. The van der Waals surface area contributed by atoms with E-state index in [2.05, 4.69) is 0 Å². The van der Waals surface area contributed by atoms with E-state index in [0.717, 1.165) is 18.9 Å². The van der Waals surface area contributed by atoms with Crippen molar-refractivity contribution in [3.8, 4) is 5.75 Å². The number of aromatic carboxylic acids is 1. The van der Waals surface area contributed by atoms with E-state index in [1.807, 2.05) is 11.0 Å². The number of carbonyl (C=O) groups is 1. The fraction of sp³-hybridized carbons (Fsp3) is 0.333. The second-order valence-corrected chi connectivity index (χ2v) is 10.7. The third-order valence-corrected chi connectivity index (χ3v) is 8.41. The number of para-hydroxylation sites is 1. The fourth-order valence-electron chi connectivity index (χ4n) is 4.41. The lowest BCUT2D eigenvalue weighted by atomic mass is 10.1. The summed E-state index contributed by atoms with van der Waals surface area (Å²) < 4.78 is 42.9. The maximum Gasteiger partial charge on any atom is 0.461 e. The zero-order chi connectivity index (χ0) is 24.7. The number of halogens is 1. The first-order valence-electron chi connectivity index (χ1n) is 11.3. The van der Waals surface area contributed by atoms with Crippen LogP contribution >= 0.6 is 7.75 Å². The normalized spacial score (nSPS) is 18.4. The Morgan fingerprint density at radius 1 is 1.11 bits per heavy atom. The van der Waals surface area contributed by atoms with Gasteiger partial charge in [-0.3, -0.25) is 9.32 Å². The smallest absolute Gasteiger partial charge is 0.461 e. The molecule has 1 saturated heterocycles. The van der Waals surface area contributed by atoms with Crippen molar-refractivity contribution in [3.05, 3.63) is 70.3 Å². The number of pyridine rings is 1. The number of anilines is 1. The van der Waals surface area contributed by atoms with E-state index in [9.17, 15) is 19.3 Å². The molecule has 1 N–H and O–H groups in total. The third kappa shape index (κ3) is 4.45. The van der Waals surface area contributed by atoms with Gasteiger partial charge < -0.3 is 19.1 Å². The second kappa shape index (κ2) is 9.11. The van der Waals surface area contributed by atoms with Gasteiger partial charge in [0.15, 0.2) is 0 Å². The highest BCUT2D eigenvalue weighted by molar-refractivity contribution is 7.51. The van der Waals surface area contributed by atoms with Crippen LogP contribution in [0.5, 0.6) is 5.75 Å². The first-order valence-corrected chi connectivity index (χ1v) is 12.8. The van der Waals surface area contributed by atoms with Gasteiger partial charge in [-0.2, -0.15) is 4.67 Å². The average Bonchev–Trinajstić information content (AvgIpc) is 3.70. The summed E-state index contributed by atoms with van der Waals surface area (Å²) in [5.41, 5.74) is -0.237. The zero-order valence-electron chi connectivity index (χ0n) is 19.1. The number of nitrogens with zero attached hydrogens (tertiary/aromatic N) is 3. The second-order valence-electron chi connectivity index (χ2n) is 8.63. The van der Waals surface area contributed by atoms with Crippen LogP contribution in [-0.4, -0.2) is 53.6 Å². The molecule has 184 valence electrons. The Kier molecular flexibility index (Phi) is 6.13. The summed E-state index contributed by atoms with van der Waals surface area (Å²) in [5.74, 6) is -1.50. The van der Waals surface area contributed by atoms with E-state index in [1.54, 1.807) is 39.6 Å². The Morgan fingerprint density at radius 2 is 1.80 bits per heavy atom. The van der Waals surface area contributed by atoms with Gasteiger partial charge in [-0.15, -0.1) is 0 Å². The van der Waals surface area contributed by atoms with E-state index >= 15 is 4.39 Å². The number of hydrogen-bond acceptors (Lipinski definition) is 6. The van der Waals surface area contributed by atoms with Gasteiger partial charge in [0, 0.05) is 50.9 Å². The SMILES string of the molecule is COP(=O)(Oc1ccccc1)N1CCN(c2cc3c(cc2F)c(=O)c(C(=O)O)cn3C2CC2)CC1. The Bertz CT molecular complexity index is 1380. The van der Waals surface area contributed by atoms with Crippen molar-refractivity contribution >= 4 is 30.3 Å². The lowest BCUT2D eigenvalue weighted by molar-refractivity contribution is 0.0694. The summed E-state index contributed by atoms with van der Waals surface area (Å²) in [7, 11) is -2.25. The van der Waals surface area contributed by atoms with Crippen molar-refractivity contribution in [1.82, 2.24) is 9.24 Å². The maximum atomic E-state index is 15.2. The van der Waals surface area contributed by atoms with Gasteiger partial charge >= 0.3 is 13.7 Å². The molecule has 1 atom stereocenters. The van der Waals surface area contributed by atoms with Gasteiger partial charge in [-0.1, -0.05) is 18.2 Å². The number of piperazine rings is 1. The molecule has 3 aromatic rings. The van der Waals surface area contributed by atoms with Gasteiger partial charge in [-0.25, -0.2) is 13.8 Å². The quantitative estimate of drug-likeness (QED) is 0.483. The number of hydrogen-bond donors (Lipinski definition) is 1. The molecule has 35 heavy (non-hydrogen) atoms. The molecule has 1 saturated carbocycles. The summed E-state index contributed by atoms with van der Waals surface area (Å²) in [4.78, 5) is 26.1. The van der Waals surface area contributed by atoms with E-state index in [1.165, 1.54) is 13.3 Å². The van der Waals surface area contributed by atoms with Gasteiger partial charge in [0.25, 0.3) is 0 Å². The minimum atomic E-state index is -3.59. The maximum absolute atomic E-state index is 15.2. The van der Waals surface area contributed by atoms with Crippen LogP contribution in [0, 0.1) is 5.82 Å². The van der Waals surface area contributed by atoms with Crippen LogP contribution < -0.4 is 14.9 Å². The largest absolute Gasteiger partial charge is 0.477 e. The molecule has 2 fully saturated rings. The molecule has 0 amide bonds. The highest BCUT2D eigenvalue weighted by Crippen LogP contribution is 2.51. The van der Waals surface area contributed by atoms with Crippen molar-refractivity contribution in [2.24, 2.45) is 0 Å². The summed E-state index contributed by atoms with van der Waals surface area (Å²) in [5, 5.41) is 9.47. The fourth-order valence-corrected chi connectivity index (χ4v) is 5.89. The van der Waals surface area contributed by atoms with Gasteiger partial charge in [0.2, 0.25) is 5.43 Å². The van der Waals surface area contributed by atoms with E-state index < -0.39 is 25.0 Å². The Balaban J connectivity index is 1.42. The summed E-state index contributed by atoms with van der Waals surface area (Å²) >= 11 is 0. The molecule has 2 aromatic carbocycles.